The lowest BCUT2D eigenvalue weighted by molar-refractivity contribution is -0.0204. The molecule has 1 aromatic carbocycles. The number of nitrogens with zero attached hydrogens (tertiary/aromatic N) is 4. The number of pyridine rings is 1. The minimum atomic E-state index is -0.891. The van der Waals surface area contributed by atoms with E-state index in [9.17, 15) is 10.2 Å². The van der Waals surface area contributed by atoms with Crippen molar-refractivity contribution in [2.75, 3.05) is 17.2 Å². The summed E-state index contributed by atoms with van der Waals surface area (Å²) in [5.74, 6) is 1.50. The molecule has 0 amide bonds. The van der Waals surface area contributed by atoms with Crippen LogP contribution in [0.15, 0.2) is 42.9 Å². The molecule has 33 heavy (non-hydrogen) atoms. The summed E-state index contributed by atoms with van der Waals surface area (Å²) in [4.78, 5) is 12.9. The van der Waals surface area contributed by atoms with Crippen LogP contribution in [-0.2, 0) is 0 Å². The van der Waals surface area contributed by atoms with Crippen molar-refractivity contribution in [3.63, 3.8) is 0 Å². The Bertz CT molecular complexity index is 1400. The van der Waals surface area contributed by atoms with Crippen LogP contribution in [0.5, 0.6) is 0 Å². The molecule has 5 atom stereocenters. The molecule has 6 rings (SSSR count). The zero-order valence-corrected chi connectivity index (χ0v) is 18.6. The van der Waals surface area contributed by atoms with Crippen LogP contribution in [-0.4, -0.2) is 55.5 Å². The van der Waals surface area contributed by atoms with Crippen LogP contribution >= 0.6 is 11.8 Å². The van der Waals surface area contributed by atoms with Gasteiger partial charge in [0.1, 0.15) is 37.6 Å². The minimum absolute atomic E-state index is 0.190. The maximum atomic E-state index is 11.2. The fraction of sp³-hybridized carbons (Fsp3) is 0.348. The van der Waals surface area contributed by atoms with Gasteiger partial charge in [-0.1, -0.05) is 23.7 Å². The van der Waals surface area contributed by atoms with Gasteiger partial charge in [0.25, 0.3) is 0 Å². The van der Waals surface area contributed by atoms with E-state index in [1.165, 1.54) is 6.33 Å². The van der Waals surface area contributed by atoms with Gasteiger partial charge in [-0.05, 0) is 35.9 Å². The van der Waals surface area contributed by atoms with Crippen LogP contribution < -0.4 is 16.9 Å². The first-order chi connectivity index (χ1) is 15.9. The maximum absolute atomic E-state index is 11.2. The monoisotopic (exact) mass is 458 g/mol. The first-order valence-corrected chi connectivity index (χ1v) is 11.9. The third kappa shape index (κ3) is 3.12. The van der Waals surface area contributed by atoms with Gasteiger partial charge in [-0.25, -0.2) is 15.0 Å². The van der Waals surface area contributed by atoms with E-state index in [4.69, 9.17) is 19.3 Å². The average molecular weight is 458 g/mol. The highest BCUT2D eigenvalue weighted by molar-refractivity contribution is 7.99. The highest BCUT2D eigenvalue weighted by Crippen LogP contribution is 2.59. The van der Waals surface area contributed by atoms with Gasteiger partial charge < -0.3 is 26.2 Å². The molecule has 1 saturated heterocycles. The zero-order valence-electron chi connectivity index (χ0n) is 17.8. The van der Waals surface area contributed by atoms with Gasteiger partial charge in [-0.3, -0.25) is 0 Å². The zero-order chi connectivity index (χ0) is 22.9. The predicted octanol–water partition coefficient (Wildman–Crippen LogP) is 1.47. The van der Waals surface area contributed by atoms with E-state index in [2.05, 4.69) is 27.1 Å². The van der Waals surface area contributed by atoms with E-state index in [0.29, 0.717) is 29.2 Å². The number of hydrogen-bond acceptors (Lipinski definition) is 8. The van der Waals surface area contributed by atoms with Crippen LogP contribution in [0.25, 0.3) is 21.9 Å². The second-order valence-electron chi connectivity index (χ2n) is 9.21. The summed E-state index contributed by atoms with van der Waals surface area (Å²) in [6.45, 7) is 0. The molecule has 2 aliphatic rings. The summed E-state index contributed by atoms with van der Waals surface area (Å²) >= 11 is 1.81. The molecule has 5 unspecified atom stereocenters. The fourth-order valence-electron chi connectivity index (χ4n) is 5.48. The summed E-state index contributed by atoms with van der Waals surface area (Å²) in [6, 6.07) is 9.57. The van der Waals surface area contributed by atoms with Crippen LogP contribution in [0.2, 0.25) is 0 Å². The lowest BCUT2D eigenvalue weighted by Gasteiger charge is -2.27. The van der Waals surface area contributed by atoms with Gasteiger partial charge in [-0.2, -0.15) is 11.8 Å². The second kappa shape index (κ2) is 7.34. The number of fused-ring (bicyclic) bond motifs is 2. The smallest absolute Gasteiger partial charge is 0.145 e. The van der Waals surface area contributed by atoms with Gasteiger partial charge in [-0.15, -0.1) is 0 Å². The second-order valence-corrected chi connectivity index (χ2v) is 10.4. The first kappa shape index (κ1) is 20.8. The predicted molar refractivity (Wildman–Crippen MR) is 131 cm³/mol. The Hall–Kier alpha value is -2.82. The van der Waals surface area contributed by atoms with Crippen molar-refractivity contribution in [1.29, 1.82) is 0 Å². The number of aliphatic hydroxyl groups excluding tert-OH is 2. The van der Waals surface area contributed by atoms with E-state index in [0.717, 1.165) is 34.0 Å². The largest absolute Gasteiger partial charge is 0.390 e. The fourth-order valence-corrected chi connectivity index (χ4v) is 7.21. The van der Waals surface area contributed by atoms with Gasteiger partial charge in [0.15, 0.2) is 0 Å². The molecule has 8 nitrogen and oxygen atoms in total. The van der Waals surface area contributed by atoms with Crippen molar-refractivity contribution < 1.29 is 10.2 Å². The minimum Gasteiger partial charge on any atom is -0.390 e. The SMILES string of the molecule is [B]c1cc2ccc(C3CC4(CS3)CC(n3ccc5c(N)ncnc53)C(O)C4O)cc2nc1N. The van der Waals surface area contributed by atoms with Gasteiger partial charge in [0.05, 0.1) is 23.0 Å². The van der Waals surface area contributed by atoms with Crippen molar-refractivity contribution in [2.24, 2.45) is 5.41 Å². The number of nitrogen functional groups attached to an aromatic ring is 2. The molecule has 166 valence electrons. The Morgan fingerprint density at radius 1 is 1.09 bits per heavy atom. The van der Waals surface area contributed by atoms with Crippen molar-refractivity contribution in [1.82, 2.24) is 19.5 Å². The molecule has 4 aromatic rings. The standard InChI is InChI=1S/C23H23BN6O2S/c24-14-5-11-1-2-12(6-15(11)29-21(14)26)17-8-23(9-33-17)7-16(18(31)19(23)32)30-4-3-13-20(25)27-10-28-22(13)30/h1-6,10,16-19,31-32H,7-9H2,(H2,26,29)(H2,25,27,28). The Morgan fingerprint density at radius 2 is 1.94 bits per heavy atom. The Balaban J connectivity index is 1.30. The van der Waals surface area contributed by atoms with Crippen LogP contribution in [0, 0.1) is 5.41 Å². The van der Waals surface area contributed by atoms with Crippen molar-refractivity contribution in [2.45, 2.75) is 36.3 Å². The van der Waals surface area contributed by atoms with Gasteiger partial charge >= 0.3 is 0 Å². The summed E-state index contributed by atoms with van der Waals surface area (Å²) in [7, 11) is 5.89. The third-order valence-corrected chi connectivity index (χ3v) is 8.88. The van der Waals surface area contributed by atoms with Gasteiger partial charge in [0.2, 0.25) is 0 Å². The van der Waals surface area contributed by atoms with E-state index >= 15 is 0 Å². The molecule has 1 aliphatic carbocycles. The lowest BCUT2D eigenvalue weighted by atomic mass is 9.80. The van der Waals surface area contributed by atoms with E-state index in [1.54, 1.807) is 0 Å². The van der Waals surface area contributed by atoms with E-state index < -0.39 is 17.6 Å². The molecule has 0 bridgehead atoms. The molecule has 1 spiro atoms. The topological polar surface area (TPSA) is 136 Å². The number of rotatable bonds is 2. The maximum Gasteiger partial charge on any atom is 0.145 e. The number of aliphatic hydroxyl groups is 2. The molecule has 2 radical (unpaired) electrons. The average Bonchev–Trinajstić information content (AvgIpc) is 3.48. The lowest BCUT2D eigenvalue weighted by Crippen LogP contribution is -2.36. The molecular formula is C23H23BN6O2S. The highest BCUT2D eigenvalue weighted by Gasteiger charge is 2.56. The number of nitrogens with two attached hydrogens (primary N) is 2. The Kier molecular flexibility index (Phi) is 4.62. The quantitative estimate of drug-likeness (QED) is 0.332. The molecule has 10 heteroatoms. The first-order valence-electron chi connectivity index (χ1n) is 10.9. The number of thioether (sulfide) groups is 1. The molecule has 1 saturated carbocycles. The number of benzene rings is 1. The van der Waals surface area contributed by atoms with Crippen molar-refractivity contribution >= 4 is 58.6 Å². The normalized spacial score (nSPS) is 29.5. The number of hydrogen-bond donors (Lipinski definition) is 4. The van der Waals surface area contributed by atoms with Crippen molar-refractivity contribution in [3.8, 4) is 0 Å². The highest BCUT2D eigenvalue weighted by atomic mass is 32.2. The van der Waals surface area contributed by atoms with Gasteiger partial charge in [0, 0.05) is 22.6 Å². The van der Waals surface area contributed by atoms with Crippen molar-refractivity contribution in [3.05, 3.63) is 48.4 Å². The van der Waals surface area contributed by atoms with Crippen LogP contribution in [0.1, 0.15) is 29.7 Å². The Morgan fingerprint density at radius 3 is 2.79 bits per heavy atom. The number of aromatic nitrogens is 4. The molecule has 4 heterocycles. The summed E-state index contributed by atoms with van der Waals surface area (Å²) in [6.07, 6.45) is 3.00. The summed E-state index contributed by atoms with van der Waals surface area (Å²) in [5, 5.41) is 24.1. The van der Waals surface area contributed by atoms with E-state index in [1.807, 2.05) is 40.7 Å². The molecule has 3 aromatic heterocycles. The molecule has 1 aliphatic heterocycles. The number of anilines is 2. The van der Waals surface area contributed by atoms with Crippen LogP contribution in [0.4, 0.5) is 11.6 Å². The Labute approximate surface area is 195 Å². The summed E-state index contributed by atoms with van der Waals surface area (Å²) in [5.41, 5.74) is 14.6. The molecule has 2 fully saturated rings. The molecule has 6 N–H and O–H groups in total. The van der Waals surface area contributed by atoms with Crippen LogP contribution in [0.3, 0.4) is 0 Å². The summed E-state index contributed by atoms with van der Waals surface area (Å²) < 4.78 is 1.93. The van der Waals surface area contributed by atoms with E-state index in [-0.39, 0.29) is 11.3 Å². The molecular weight excluding hydrogens is 435 g/mol. The third-order valence-electron chi connectivity index (χ3n) is 7.30.